The minimum absolute atomic E-state index is 0.215. The van der Waals surface area contributed by atoms with E-state index in [0.29, 0.717) is 11.6 Å². The predicted molar refractivity (Wildman–Crippen MR) is 102 cm³/mol. The summed E-state index contributed by atoms with van der Waals surface area (Å²) >= 11 is 12.2. The first kappa shape index (κ1) is 17.9. The second kappa shape index (κ2) is 6.78. The Bertz CT molecular complexity index is 776. The predicted octanol–water partition coefficient (Wildman–Crippen LogP) is 5.10. The molecule has 6 heteroatoms. The zero-order valence-electron chi connectivity index (χ0n) is 13.9. The molecule has 0 saturated carbocycles. The molecular weight excluding hydrogens is 363 g/mol. The van der Waals surface area contributed by atoms with E-state index in [4.69, 9.17) is 37.2 Å². The van der Waals surface area contributed by atoms with Crippen LogP contribution in [0.25, 0.3) is 0 Å². The molecule has 2 aromatic rings. The highest BCUT2D eigenvalue weighted by molar-refractivity contribution is 8.13. The Hall–Kier alpha value is -0.900. The molecule has 2 unspecified atom stereocenters. The molecular formula is C18H20ClO3PS. The van der Waals surface area contributed by atoms with Gasteiger partial charge in [-0.2, -0.15) is 0 Å². The average molecular weight is 383 g/mol. The lowest BCUT2D eigenvalue weighted by molar-refractivity contribution is -0.00887. The molecule has 1 aliphatic rings. The topological polar surface area (TPSA) is 27.7 Å². The Morgan fingerprint density at radius 2 is 1.83 bits per heavy atom. The van der Waals surface area contributed by atoms with Gasteiger partial charge in [-0.3, -0.25) is 0 Å². The van der Waals surface area contributed by atoms with E-state index < -0.39 is 6.49 Å². The molecule has 0 aliphatic carbocycles. The Labute approximate surface area is 153 Å². The van der Waals surface area contributed by atoms with Crippen molar-refractivity contribution in [3.05, 3.63) is 59.1 Å². The van der Waals surface area contributed by atoms with Crippen molar-refractivity contribution < 1.29 is 13.8 Å². The largest absolute Gasteiger partial charge is 0.497 e. The molecule has 2 atom stereocenters. The standard InChI is InChI=1S/C18H20ClO3PS/c1-18(2)12-21-23(24,14-10-8-13(20-3)9-11-14)22-17(18)15-6-4-5-7-16(15)19/h4-11,17H,12H2,1-3H3. The molecule has 24 heavy (non-hydrogen) atoms. The van der Waals surface area contributed by atoms with Gasteiger partial charge in [0.2, 0.25) is 6.49 Å². The van der Waals surface area contributed by atoms with Gasteiger partial charge in [-0.25, -0.2) is 0 Å². The lowest BCUT2D eigenvalue weighted by atomic mass is 9.83. The molecule has 1 heterocycles. The third-order valence-electron chi connectivity index (χ3n) is 4.14. The van der Waals surface area contributed by atoms with E-state index in [1.807, 2.05) is 48.5 Å². The highest BCUT2D eigenvalue weighted by Gasteiger charge is 2.44. The molecule has 0 N–H and O–H groups in total. The second-order valence-electron chi connectivity index (χ2n) is 6.46. The van der Waals surface area contributed by atoms with Crippen LogP contribution >= 0.6 is 18.1 Å². The van der Waals surface area contributed by atoms with Crippen molar-refractivity contribution in [3.8, 4) is 5.75 Å². The summed E-state index contributed by atoms with van der Waals surface area (Å²) in [6.45, 7) is 2.13. The number of rotatable bonds is 3. The van der Waals surface area contributed by atoms with E-state index in [1.54, 1.807) is 7.11 Å². The fourth-order valence-corrected chi connectivity index (χ4v) is 5.75. The SMILES string of the molecule is COc1ccc(P2(=S)OCC(C)(C)C(c3ccccc3Cl)O2)cc1. The third kappa shape index (κ3) is 3.40. The van der Waals surface area contributed by atoms with Gasteiger partial charge in [-0.05, 0) is 42.1 Å². The van der Waals surface area contributed by atoms with Gasteiger partial charge in [0.1, 0.15) is 5.75 Å². The van der Waals surface area contributed by atoms with Crippen LogP contribution < -0.4 is 10.0 Å². The van der Waals surface area contributed by atoms with Gasteiger partial charge in [0.15, 0.2) is 0 Å². The quantitative estimate of drug-likeness (QED) is 0.690. The number of benzene rings is 2. The van der Waals surface area contributed by atoms with Crippen molar-refractivity contribution in [2.75, 3.05) is 13.7 Å². The van der Waals surface area contributed by atoms with Crippen LogP contribution in [-0.2, 0) is 20.9 Å². The van der Waals surface area contributed by atoms with Crippen LogP contribution in [0.2, 0.25) is 5.02 Å². The normalized spacial score (nSPS) is 26.1. The molecule has 3 rings (SSSR count). The highest BCUT2D eigenvalue weighted by Crippen LogP contribution is 2.60. The number of hydrogen-bond acceptors (Lipinski definition) is 4. The van der Waals surface area contributed by atoms with Crippen molar-refractivity contribution in [2.24, 2.45) is 5.41 Å². The van der Waals surface area contributed by atoms with Crippen molar-refractivity contribution in [2.45, 2.75) is 20.0 Å². The number of ether oxygens (including phenoxy) is 1. The number of methoxy groups -OCH3 is 1. The first-order valence-corrected chi connectivity index (χ1v) is 10.7. The monoisotopic (exact) mass is 382 g/mol. The molecule has 0 radical (unpaired) electrons. The Balaban J connectivity index is 1.97. The molecule has 0 amide bonds. The first-order chi connectivity index (χ1) is 11.4. The zero-order valence-corrected chi connectivity index (χ0v) is 16.3. The van der Waals surface area contributed by atoms with Crippen LogP contribution in [0.1, 0.15) is 25.5 Å². The average Bonchev–Trinajstić information content (AvgIpc) is 2.58. The van der Waals surface area contributed by atoms with E-state index in [0.717, 1.165) is 16.6 Å². The summed E-state index contributed by atoms with van der Waals surface area (Å²) in [7, 11) is 1.64. The minimum atomic E-state index is -2.60. The lowest BCUT2D eigenvalue weighted by Crippen LogP contribution is -2.35. The van der Waals surface area contributed by atoms with E-state index in [1.165, 1.54) is 0 Å². The maximum absolute atomic E-state index is 6.40. The summed E-state index contributed by atoms with van der Waals surface area (Å²) in [6.07, 6.45) is -0.215. The summed E-state index contributed by atoms with van der Waals surface area (Å²) in [5, 5.41) is 1.57. The minimum Gasteiger partial charge on any atom is -0.497 e. The fourth-order valence-electron chi connectivity index (χ4n) is 2.70. The number of halogens is 1. The van der Waals surface area contributed by atoms with Crippen LogP contribution in [0.15, 0.2) is 48.5 Å². The molecule has 0 spiro atoms. The van der Waals surface area contributed by atoms with Gasteiger partial charge >= 0.3 is 0 Å². The summed E-state index contributed by atoms with van der Waals surface area (Å²) in [5.41, 5.74) is 0.731. The van der Waals surface area contributed by atoms with Gasteiger partial charge in [0.05, 0.1) is 19.8 Å². The van der Waals surface area contributed by atoms with Crippen LogP contribution in [-0.4, -0.2) is 13.7 Å². The zero-order chi connectivity index (χ0) is 17.4. The van der Waals surface area contributed by atoms with Gasteiger partial charge in [-0.1, -0.05) is 43.6 Å². The molecule has 128 valence electrons. The maximum Gasteiger partial charge on any atom is 0.220 e. The smallest absolute Gasteiger partial charge is 0.220 e. The van der Waals surface area contributed by atoms with Gasteiger partial charge in [0.25, 0.3) is 0 Å². The van der Waals surface area contributed by atoms with Gasteiger partial charge in [-0.15, -0.1) is 0 Å². The summed E-state index contributed by atoms with van der Waals surface area (Å²) in [4.78, 5) is 0. The van der Waals surface area contributed by atoms with Crippen LogP contribution in [0.3, 0.4) is 0 Å². The molecule has 2 aromatic carbocycles. The Morgan fingerprint density at radius 3 is 2.46 bits per heavy atom. The molecule has 3 nitrogen and oxygen atoms in total. The Morgan fingerprint density at radius 1 is 1.17 bits per heavy atom. The van der Waals surface area contributed by atoms with Crippen LogP contribution in [0.4, 0.5) is 0 Å². The fraction of sp³-hybridized carbons (Fsp3) is 0.333. The van der Waals surface area contributed by atoms with Crippen molar-refractivity contribution in [1.82, 2.24) is 0 Å². The Kier molecular flexibility index (Phi) is 5.06. The summed E-state index contributed by atoms with van der Waals surface area (Å²) in [6, 6.07) is 15.3. The van der Waals surface area contributed by atoms with Crippen LogP contribution in [0.5, 0.6) is 5.75 Å². The van der Waals surface area contributed by atoms with E-state index in [2.05, 4.69) is 13.8 Å². The maximum atomic E-state index is 6.40. The molecule has 0 bridgehead atoms. The van der Waals surface area contributed by atoms with Gasteiger partial charge in [0, 0.05) is 21.3 Å². The second-order valence-corrected chi connectivity index (χ2v) is 10.3. The summed E-state index contributed by atoms with van der Waals surface area (Å²) in [5.74, 6) is 0.778. The summed E-state index contributed by atoms with van der Waals surface area (Å²) < 4.78 is 17.7. The highest BCUT2D eigenvalue weighted by atomic mass is 35.5. The number of hydrogen-bond donors (Lipinski definition) is 0. The van der Waals surface area contributed by atoms with E-state index >= 15 is 0 Å². The van der Waals surface area contributed by atoms with Crippen molar-refractivity contribution in [3.63, 3.8) is 0 Å². The third-order valence-corrected chi connectivity index (χ3v) is 7.58. The van der Waals surface area contributed by atoms with Gasteiger partial charge < -0.3 is 13.8 Å². The first-order valence-electron chi connectivity index (χ1n) is 7.68. The molecule has 1 saturated heterocycles. The van der Waals surface area contributed by atoms with E-state index in [-0.39, 0.29) is 11.5 Å². The van der Waals surface area contributed by atoms with Crippen molar-refractivity contribution in [1.29, 1.82) is 0 Å². The van der Waals surface area contributed by atoms with E-state index in [9.17, 15) is 0 Å². The molecule has 1 aliphatic heterocycles. The van der Waals surface area contributed by atoms with Crippen molar-refractivity contribution >= 4 is 35.2 Å². The van der Waals surface area contributed by atoms with Crippen LogP contribution in [0, 0.1) is 5.41 Å². The molecule has 1 fully saturated rings. The lowest BCUT2D eigenvalue weighted by Gasteiger charge is -2.43. The molecule has 0 aromatic heterocycles.